The van der Waals surface area contributed by atoms with E-state index in [0.717, 1.165) is 19.6 Å². The van der Waals surface area contributed by atoms with Crippen LogP contribution < -0.4 is 0 Å². The highest BCUT2D eigenvalue weighted by molar-refractivity contribution is 6.31. The van der Waals surface area contributed by atoms with Gasteiger partial charge < -0.3 is 10.0 Å². The number of aliphatic hydroxyl groups excluding tert-OH is 1. The van der Waals surface area contributed by atoms with Gasteiger partial charge in [-0.2, -0.15) is 0 Å². The second-order valence-corrected chi connectivity index (χ2v) is 4.76. The Morgan fingerprint density at radius 2 is 2.00 bits per heavy atom. The van der Waals surface area contributed by atoms with Crippen molar-refractivity contribution < 1.29 is 9.50 Å². The van der Waals surface area contributed by atoms with Crippen LogP contribution in [0.3, 0.4) is 0 Å². The predicted octanol–water partition coefficient (Wildman–Crippen LogP) is 3.11. The molecule has 1 N–H and O–H groups in total. The highest BCUT2D eigenvalue weighted by atomic mass is 35.5. The highest BCUT2D eigenvalue weighted by Crippen LogP contribution is 2.21. The van der Waals surface area contributed by atoms with Gasteiger partial charge in [-0.1, -0.05) is 37.6 Å². The first-order valence-corrected chi connectivity index (χ1v) is 6.79. The summed E-state index contributed by atoms with van der Waals surface area (Å²) in [6, 6.07) is 4.70. The molecule has 0 aliphatic carbocycles. The van der Waals surface area contributed by atoms with Crippen LogP contribution in [0, 0.1) is 5.82 Å². The number of halogens is 2. The van der Waals surface area contributed by atoms with Crippen molar-refractivity contribution in [3.05, 3.63) is 34.6 Å². The van der Waals surface area contributed by atoms with Crippen LogP contribution in [0.2, 0.25) is 5.02 Å². The molecule has 0 saturated carbocycles. The van der Waals surface area contributed by atoms with Crippen LogP contribution in [0.25, 0.3) is 0 Å². The van der Waals surface area contributed by atoms with Gasteiger partial charge in [-0.3, -0.25) is 0 Å². The molecule has 2 nitrogen and oxygen atoms in total. The molecule has 4 heteroatoms. The molecular formula is C14H21ClFNO. The van der Waals surface area contributed by atoms with Crippen molar-refractivity contribution in [2.24, 2.45) is 0 Å². The molecule has 1 unspecified atom stereocenters. The number of rotatable bonds is 7. The molecule has 0 fully saturated rings. The number of aliphatic hydroxyl groups is 1. The van der Waals surface area contributed by atoms with E-state index in [1.54, 1.807) is 12.1 Å². The Hall–Kier alpha value is -0.640. The fourth-order valence-electron chi connectivity index (χ4n) is 1.93. The Morgan fingerprint density at radius 1 is 1.33 bits per heavy atom. The first-order valence-electron chi connectivity index (χ1n) is 6.41. The molecule has 0 aromatic heterocycles. The molecular weight excluding hydrogens is 253 g/mol. The van der Waals surface area contributed by atoms with Gasteiger partial charge in [0.15, 0.2) is 0 Å². The molecule has 0 aliphatic heterocycles. The molecule has 1 aromatic rings. The Kier molecular flexibility index (Phi) is 6.61. The second-order valence-electron chi connectivity index (χ2n) is 4.39. The van der Waals surface area contributed by atoms with Gasteiger partial charge in [-0.05, 0) is 37.6 Å². The van der Waals surface area contributed by atoms with Crippen LogP contribution in [0.1, 0.15) is 25.8 Å². The minimum Gasteiger partial charge on any atom is -0.393 e. The third-order valence-electron chi connectivity index (χ3n) is 3.16. The largest absolute Gasteiger partial charge is 0.393 e. The number of benzene rings is 1. The van der Waals surface area contributed by atoms with Gasteiger partial charge in [-0.25, -0.2) is 4.39 Å². The highest BCUT2D eigenvalue weighted by Gasteiger charge is 2.12. The lowest BCUT2D eigenvalue weighted by Crippen LogP contribution is -2.27. The fraction of sp³-hybridized carbons (Fsp3) is 0.571. The van der Waals surface area contributed by atoms with E-state index in [4.69, 9.17) is 11.6 Å². The van der Waals surface area contributed by atoms with E-state index in [1.165, 1.54) is 6.07 Å². The Labute approximate surface area is 113 Å². The minimum absolute atomic E-state index is 0.124. The Bertz CT molecular complexity index is 369. The summed E-state index contributed by atoms with van der Waals surface area (Å²) in [7, 11) is 0. The standard InChI is InChI=1S/C14H21ClFNO/c1-3-17(4-2)9-8-12(18)10-11-6-5-7-13(16)14(11)15/h5-7,12,18H,3-4,8-10H2,1-2H3. The van der Waals surface area contributed by atoms with Crippen molar-refractivity contribution in [1.29, 1.82) is 0 Å². The first kappa shape index (κ1) is 15.4. The smallest absolute Gasteiger partial charge is 0.142 e. The zero-order valence-corrected chi connectivity index (χ0v) is 11.8. The zero-order valence-electron chi connectivity index (χ0n) is 11.0. The third kappa shape index (κ3) is 4.56. The molecule has 1 atom stereocenters. The normalized spacial score (nSPS) is 13.0. The van der Waals surface area contributed by atoms with Crippen molar-refractivity contribution in [2.45, 2.75) is 32.8 Å². The molecule has 0 spiro atoms. The van der Waals surface area contributed by atoms with Gasteiger partial charge in [0.05, 0.1) is 11.1 Å². The maximum atomic E-state index is 13.2. The van der Waals surface area contributed by atoms with Gasteiger partial charge in [-0.15, -0.1) is 0 Å². The first-order chi connectivity index (χ1) is 8.58. The maximum absolute atomic E-state index is 13.2. The van der Waals surface area contributed by atoms with E-state index in [-0.39, 0.29) is 5.02 Å². The molecule has 102 valence electrons. The summed E-state index contributed by atoms with van der Waals surface area (Å²) in [5.41, 5.74) is 0.670. The number of hydrogen-bond acceptors (Lipinski definition) is 2. The van der Waals surface area contributed by atoms with Crippen molar-refractivity contribution in [1.82, 2.24) is 4.90 Å². The predicted molar refractivity (Wildman–Crippen MR) is 73.5 cm³/mol. The average molecular weight is 274 g/mol. The van der Waals surface area contributed by atoms with Crippen LogP contribution in [0.4, 0.5) is 4.39 Å². The lowest BCUT2D eigenvalue weighted by Gasteiger charge is -2.20. The summed E-state index contributed by atoms with van der Waals surface area (Å²) in [5.74, 6) is -0.426. The third-order valence-corrected chi connectivity index (χ3v) is 3.58. The van der Waals surface area contributed by atoms with E-state index in [0.29, 0.717) is 18.4 Å². The number of nitrogens with zero attached hydrogens (tertiary/aromatic N) is 1. The van der Waals surface area contributed by atoms with Crippen molar-refractivity contribution in [2.75, 3.05) is 19.6 Å². The van der Waals surface area contributed by atoms with Crippen molar-refractivity contribution in [3.63, 3.8) is 0 Å². The average Bonchev–Trinajstić information content (AvgIpc) is 2.36. The number of hydrogen-bond donors (Lipinski definition) is 1. The van der Waals surface area contributed by atoms with E-state index in [9.17, 15) is 9.50 Å². The lowest BCUT2D eigenvalue weighted by molar-refractivity contribution is 0.143. The quantitative estimate of drug-likeness (QED) is 0.825. The second kappa shape index (κ2) is 7.72. The van der Waals surface area contributed by atoms with Crippen LogP contribution in [0.15, 0.2) is 18.2 Å². The summed E-state index contributed by atoms with van der Waals surface area (Å²) in [6.07, 6.45) is 0.594. The summed E-state index contributed by atoms with van der Waals surface area (Å²) in [5, 5.41) is 10.1. The topological polar surface area (TPSA) is 23.5 Å². The summed E-state index contributed by atoms with van der Waals surface area (Å²) in [6.45, 7) is 6.99. The Morgan fingerprint density at radius 3 is 2.61 bits per heavy atom. The van der Waals surface area contributed by atoms with E-state index >= 15 is 0 Å². The van der Waals surface area contributed by atoms with Crippen LogP contribution in [-0.4, -0.2) is 35.7 Å². The molecule has 0 radical (unpaired) electrons. The lowest BCUT2D eigenvalue weighted by atomic mass is 10.1. The molecule has 0 aliphatic rings. The SMILES string of the molecule is CCN(CC)CCC(O)Cc1cccc(F)c1Cl. The summed E-state index contributed by atoms with van der Waals surface area (Å²) in [4.78, 5) is 2.25. The minimum atomic E-state index is -0.482. The maximum Gasteiger partial charge on any atom is 0.142 e. The van der Waals surface area contributed by atoms with Gasteiger partial charge in [0.1, 0.15) is 5.82 Å². The molecule has 0 bridgehead atoms. The van der Waals surface area contributed by atoms with Crippen molar-refractivity contribution in [3.8, 4) is 0 Å². The molecule has 0 amide bonds. The molecule has 1 rings (SSSR count). The van der Waals surface area contributed by atoms with E-state index < -0.39 is 11.9 Å². The molecule has 1 aromatic carbocycles. The van der Waals surface area contributed by atoms with Gasteiger partial charge in [0, 0.05) is 6.54 Å². The fourth-order valence-corrected chi connectivity index (χ4v) is 2.14. The van der Waals surface area contributed by atoms with Crippen LogP contribution in [-0.2, 0) is 6.42 Å². The van der Waals surface area contributed by atoms with Crippen LogP contribution >= 0.6 is 11.6 Å². The molecule has 0 heterocycles. The Balaban J connectivity index is 2.49. The summed E-state index contributed by atoms with van der Waals surface area (Å²) >= 11 is 5.86. The zero-order chi connectivity index (χ0) is 13.5. The monoisotopic (exact) mass is 273 g/mol. The van der Waals surface area contributed by atoms with Gasteiger partial charge >= 0.3 is 0 Å². The van der Waals surface area contributed by atoms with E-state index in [2.05, 4.69) is 18.7 Å². The van der Waals surface area contributed by atoms with Crippen LogP contribution in [0.5, 0.6) is 0 Å². The van der Waals surface area contributed by atoms with Gasteiger partial charge in [0.25, 0.3) is 0 Å². The van der Waals surface area contributed by atoms with Gasteiger partial charge in [0.2, 0.25) is 0 Å². The molecule has 18 heavy (non-hydrogen) atoms. The van der Waals surface area contributed by atoms with E-state index in [1.807, 2.05) is 0 Å². The molecule has 0 saturated heterocycles. The summed E-state index contributed by atoms with van der Waals surface area (Å²) < 4.78 is 13.2. The van der Waals surface area contributed by atoms with Crippen molar-refractivity contribution >= 4 is 11.6 Å².